The molecule has 2 aromatic carbocycles. The smallest absolute Gasteiger partial charge is 0.137 e. The van der Waals surface area contributed by atoms with Gasteiger partial charge in [0.15, 0.2) is 0 Å². The first-order chi connectivity index (χ1) is 14.2. The fourth-order valence-corrected chi connectivity index (χ4v) is 3.71. The van der Waals surface area contributed by atoms with Gasteiger partial charge in [-0.25, -0.2) is 9.97 Å². The van der Waals surface area contributed by atoms with Crippen molar-refractivity contribution in [1.29, 1.82) is 0 Å². The van der Waals surface area contributed by atoms with Crippen molar-refractivity contribution < 1.29 is 0 Å². The SMILES string of the molecule is CCN(CC)c1nccc2nc(-c3ccc(CN)cc3)c(-c3ccccc3)cc12. The summed E-state index contributed by atoms with van der Waals surface area (Å²) in [6.45, 7) is 6.67. The van der Waals surface area contributed by atoms with Crippen LogP contribution in [-0.2, 0) is 6.54 Å². The molecule has 0 bridgehead atoms. The number of hydrogen-bond acceptors (Lipinski definition) is 4. The summed E-state index contributed by atoms with van der Waals surface area (Å²) in [6.07, 6.45) is 1.85. The Morgan fingerprint density at radius 2 is 1.59 bits per heavy atom. The van der Waals surface area contributed by atoms with Crippen LogP contribution in [0.3, 0.4) is 0 Å². The van der Waals surface area contributed by atoms with Crippen LogP contribution in [0.2, 0.25) is 0 Å². The molecule has 0 amide bonds. The standard InChI is InChI=1S/C25H26N4/c1-3-29(4-2)25-22-16-21(19-8-6-5-7-9-19)24(28-23(22)14-15-27-25)20-12-10-18(17-26)11-13-20/h5-16H,3-4,17,26H2,1-2H3. The normalized spacial score (nSPS) is 11.0. The van der Waals surface area contributed by atoms with Crippen molar-refractivity contribution in [3.8, 4) is 22.4 Å². The van der Waals surface area contributed by atoms with E-state index in [9.17, 15) is 0 Å². The topological polar surface area (TPSA) is 55.0 Å². The highest BCUT2D eigenvalue weighted by Gasteiger charge is 2.15. The van der Waals surface area contributed by atoms with Gasteiger partial charge in [-0.1, -0.05) is 54.6 Å². The third-order valence-electron chi connectivity index (χ3n) is 5.33. The summed E-state index contributed by atoms with van der Waals surface area (Å²) in [6, 6.07) is 23.0. The maximum absolute atomic E-state index is 5.78. The van der Waals surface area contributed by atoms with Gasteiger partial charge in [0.1, 0.15) is 5.82 Å². The van der Waals surface area contributed by atoms with E-state index in [1.54, 1.807) is 0 Å². The van der Waals surface area contributed by atoms with Gasteiger partial charge >= 0.3 is 0 Å². The van der Waals surface area contributed by atoms with Gasteiger partial charge in [0.2, 0.25) is 0 Å². The van der Waals surface area contributed by atoms with Gasteiger partial charge < -0.3 is 10.6 Å². The summed E-state index contributed by atoms with van der Waals surface area (Å²) in [4.78, 5) is 12.0. The zero-order valence-corrected chi connectivity index (χ0v) is 17.0. The number of nitrogens with two attached hydrogens (primary N) is 1. The van der Waals surface area contributed by atoms with Gasteiger partial charge in [-0.3, -0.25) is 0 Å². The number of nitrogens with zero attached hydrogens (tertiary/aromatic N) is 3. The van der Waals surface area contributed by atoms with Gasteiger partial charge in [0.05, 0.1) is 11.2 Å². The number of benzene rings is 2. The highest BCUT2D eigenvalue weighted by molar-refractivity contribution is 5.97. The lowest BCUT2D eigenvalue weighted by molar-refractivity contribution is 0.851. The van der Waals surface area contributed by atoms with Gasteiger partial charge in [0.25, 0.3) is 0 Å². The molecule has 2 aromatic heterocycles. The molecule has 0 saturated heterocycles. The Balaban J connectivity index is 1.99. The second-order valence-electron chi connectivity index (χ2n) is 7.03. The molecular weight excluding hydrogens is 356 g/mol. The lowest BCUT2D eigenvalue weighted by atomic mass is 9.97. The van der Waals surface area contributed by atoms with Crippen LogP contribution in [0, 0.1) is 0 Å². The number of anilines is 1. The molecule has 29 heavy (non-hydrogen) atoms. The largest absolute Gasteiger partial charge is 0.357 e. The van der Waals surface area contributed by atoms with E-state index in [4.69, 9.17) is 10.7 Å². The fraction of sp³-hybridized carbons (Fsp3) is 0.200. The molecule has 0 aliphatic carbocycles. The summed E-state index contributed by atoms with van der Waals surface area (Å²) >= 11 is 0. The highest BCUT2D eigenvalue weighted by atomic mass is 15.2. The lowest BCUT2D eigenvalue weighted by Gasteiger charge is -2.22. The molecule has 4 heteroatoms. The van der Waals surface area contributed by atoms with E-state index in [2.05, 4.69) is 78.3 Å². The first-order valence-electron chi connectivity index (χ1n) is 10.1. The fourth-order valence-electron chi connectivity index (χ4n) is 3.71. The average molecular weight is 383 g/mol. The molecule has 0 unspecified atom stereocenters. The summed E-state index contributed by atoms with van der Waals surface area (Å²) in [5, 5.41) is 1.08. The van der Waals surface area contributed by atoms with Crippen molar-refractivity contribution in [2.45, 2.75) is 20.4 Å². The van der Waals surface area contributed by atoms with Crippen molar-refractivity contribution >= 4 is 16.7 Å². The van der Waals surface area contributed by atoms with E-state index in [1.165, 1.54) is 0 Å². The molecule has 2 N–H and O–H groups in total. The molecular formula is C25H26N4. The van der Waals surface area contributed by atoms with E-state index in [-0.39, 0.29) is 0 Å². The van der Waals surface area contributed by atoms with Crippen LogP contribution in [0.5, 0.6) is 0 Å². The summed E-state index contributed by atoms with van der Waals surface area (Å²) < 4.78 is 0. The monoisotopic (exact) mass is 382 g/mol. The van der Waals surface area contributed by atoms with E-state index in [0.717, 1.165) is 57.8 Å². The Labute approximate surface area is 172 Å². The zero-order valence-electron chi connectivity index (χ0n) is 17.0. The third kappa shape index (κ3) is 3.71. The second-order valence-corrected chi connectivity index (χ2v) is 7.03. The van der Waals surface area contributed by atoms with Gasteiger partial charge in [-0.2, -0.15) is 0 Å². The van der Waals surface area contributed by atoms with Gasteiger partial charge in [-0.15, -0.1) is 0 Å². The molecule has 0 fully saturated rings. The first-order valence-corrected chi connectivity index (χ1v) is 10.1. The van der Waals surface area contributed by atoms with Crippen LogP contribution >= 0.6 is 0 Å². The minimum atomic E-state index is 0.538. The summed E-state index contributed by atoms with van der Waals surface area (Å²) in [7, 11) is 0. The van der Waals surface area contributed by atoms with Crippen molar-refractivity contribution in [2.24, 2.45) is 5.73 Å². The Kier molecular flexibility index (Phi) is 5.54. The van der Waals surface area contributed by atoms with E-state index in [0.29, 0.717) is 6.54 Å². The van der Waals surface area contributed by atoms with Crippen LogP contribution in [0.25, 0.3) is 33.3 Å². The van der Waals surface area contributed by atoms with E-state index < -0.39 is 0 Å². The number of rotatable bonds is 6. The molecule has 0 aliphatic rings. The molecule has 2 heterocycles. The Morgan fingerprint density at radius 1 is 0.862 bits per heavy atom. The van der Waals surface area contributed by atoms with Crippen LogP contribution in [-0.4, -0.2) is 23.1 Å². The predicted molar refractivity (Wildman–Crippen MR) is 122 cm³/mol. The number of fused-ring (bicyclic) bond motifs is 1. The Morgan fingerprint density at radius 3 is 2.24 bits per heavy atom. The Bertz CT molecular complexity index is 1100. The van der Waals surface area contributed by atoms with Gasteiger partial charge in [0, 0.05) is 42.3 Å². The summed E-state index contributed by atoms with van der Waals surface area (Å²) in [5.74, 6) is 0.988. The van der Waals surface area contributed by atoms with Crippen molar-refractivity contribution in [3.63, 3.8) is 0 Å². The Hall–Kier alpha value is -3.24. The minimum absolute atomic E-state index is 0.538. The second kappa shape index (κ2) is 8.41. The molecule has 0 aliphatic heterocycles. The maximum Gasteiger partial charge on any atom is 0.137 e. The highest BCUT2D eigenvalue weighted by Crippen LogP contribution is 2.35. The van der Waals surface area contributed by atoms with Crippen molar-refractivity contribution in [2.75, 3.05) is 18.0 Å². The van der Waals surface area contributed by atoms with Crippen LogP contribution in [0.4, 0.5) is 5.82 Å². The van der Waals surface area contributed by atoms with Crippen molar-refractivity contribution in [1.82, 2.24) is 9.97 Å². The predicted octanol–water partition coefficient (Wildman–Crippen LogP) is 5.27. The number of hydrogen-bond donors (Lipinski definition) is 1. The van der Waals surface area contributed by atoms with Crippen LogP contribution < -0.4 is 10.6 Å². The molecule has 0 atom stereocenters. The lowest BCUT2D eigenvalue weighted by Crippen LogP contribution is -2.23. The molecule has 0 saturated carbocycles. The molecule has 146 valence electrons. The van der Waals surface area contributed by atoms with Crippen LogP contribution in [0.1, 0.15) is 19.4 Å². The third-order valence-corrected chi connectivity index (χ3v) is 5.33. The maximum atomic E-state index is 5.78. The number of pyridine rings is 2. The van der Waals surface area contributed by atoms with Crippen molar-refractivity contribution in [3.05, 3.63) is 78.5 Å². The van der Waals surface area contributed by atoms with E-state index in [1.807, 2.05) is 18.3 Å². The van der Waals surface area contributed by atoms with Gasteiger partial charge in [-0.05, 0) is 37.1 Å². The minimum Gasteiger partial charge on any atom is -0.357 e. The first kappa shape index (κ1) is 19.1. The van der Waals surface area contributed by atoms with E-state index >= 15 is 0 Å². The molecule has 0 spiro atoms. The quantitative estimate of drug-likeness (QED) is 0.494. The average Bonchev–Trinajstić information content (AvgIpc) is 2.80. The molecule has 0 radical (unpaired) electrons. The zero-order chi connectivity index (χ0) is 20.2. The molecule has 4 rings (SSSR count). The summed E-state index contributed by atoms with van der Waals surface area (Å²) in [5.41, 5.74) is 12.2. The van der Waals surface area contributed by atoms with Crippen LogP contribution in [0.15, 0.2) is 72.9 Å². The number of aromatic nitrogens is 2. The molecule has 4 nitrogen and oxygen atoms in total. The molecule has 4 aromatic rings.